The van der Waals surface area contributed by atoms with Crippen molar-refractivity contribution < 1.29 is 13.5 Å². The number of aromatic amines is 1. The quantitative estimate of drug-likeness (QED) is 0.626. The normalized spacial score (nSPS) is 10.9. The zero-order chi connectivity index (χ0) is 18.0. The molecule has 0 saturated heterocycles. The van der Waals surface area contributed by atoms with Gasteiger partial charge in [0.15, 0.2) is 17.4 Å². The van der Waals surface area contributed by atoms with Gasteiger partial charge in [-0.1, -0.05) is 0 Å². The monoisotopic (exact) mass is 346 g/mol. The van der Waals surface area contributed by atoms with E-state index in [0.29, 0.717) is 5.56 Å². The predicted octanol–water partition coefficient (Wildman–Crippen LogP) is 4.20. The van der Waals surface area contributed by atoms with Gasteiger partial charge < -0.3 is 20.4 Å². The van der Waals surface area contributed by atoms with Gasteiger partial charge in [-0.25, -0.2) is 13.8 Å². The molecule has 0 amide bonds. The fourth-order valence-electron chi connectivity index (χ4n) is 2.80. The van der Waals surface area contributed by atoms with Crippen LogP contribution in [0.3, 0.4) is 0 Å². The Balaban J connectivity index is 1.96. The molecule has 0 aliphatic heterocycles. The van der Waals surface area contributed by atoms with Crippen LogP contribution in [0.5, 0.6) is 5.75 Å². The van der Waals surface area contributed by atoms with Crippen molar-refractivity contribution in [2.75, 3.05) is 24.3 Å². The molecule has 0 unspecified atom stereocenters. The third-order valence-electron chi connectivity index (χ3n) is 4.04. The fraction of sp³-hybridized carbons (Fsp3) is 0.278. The molecule has 3 aromatic rings. The molecule has 7 heteroatoms. The van der Waals surface area contributed by atoms with Crippen molar-refractivity contribution in [1.82, 2.24) is 9.97 Å². The first-order valence-corrected chi connectivity index (χ1v) is 8.02. The van der Waals surface area contributed by atoms with E-state index in [9.17, 15) is 8.78 Å². The van der Waals surface area contributed by atoms with Gasteiger partial charge in [0, 0.05) is 36.4 Å². The maximum atomic E-state index is 14.4. The molecular weight excluding hydrogens is 326 g/mol. The minimum absolute atomic E-state index is 0.00696. The highest BCUT2D eigenvalue weighted by molar-refractivity contribution is 5.91. The number of ether oxygens (including phenoxy) is 1. The minimum atomic E-state index is -0.744. The first-order chi connectivity index (χ1) is 12.1. The van der Waals surface area contributed by atoms with E-state index in [2.05, 4.69) is 20.6 Å². The van der Waals surface area contributed by atoms with Crippen LogP contribution in [0.25, 0.3) is 11.0 Å². The molecule has 1 aromatic carbocycles. The van der Waals surface area contributed by atoms with E-state index in [1.54, 1.807) is 19.3 Å². The average Bonchev–Trinajstić information content (AvgIpc) is 3.08. The molecule has 5 nitrogen and oxygen atoms in total. The molecule has 0 radical (unpaired) electrons. The largest absolute Gasteiger partial charge is 0.494 e. The molecule has 0 fully saturated rings. The molecule has 2 heterocycles. The Morgan fingerprint density at radius 2 is 2.00 bits per heavy atom. The van der Waals surface area contributed by atoms with Crippen LogP contribution in [0, 0.1) is 18.6 Å². The fourth-order valence-corrected chi connectivity index (χ4v) is 2.80. The standard InChI is InChI=1S/C18H20F2N4O/c1-4-21-16-11(9-24-18-12(16)5-6-22-18)8-23-17-14(19)10(2)7-13(25-3)15(17)20/h5-7,9,23H,4,8H2,1-3H3,(H2,21,22,24). The summed E-state index contributed by atoms with van der Waals surface area (Å²) < 4.78 is 33.7. The van der Waals surface area contributed by atoms with Crippen molar-refractivity contribution in [3.8, 4) is 5.75 Å². The molecule has 3 N–H and O–H groups in total. The molecule has 25 heavy (non-hydrogen) atoms. The van der Waals surface area contributed by atoms with E-state index < -0.39 is 11.6 Å². The number of hydrogen-bond donors (Lipinski definition) is 3. The molecule has 2 aromatic heterocycles. The highest BCUT2D eigenvalue weighted by Crippen LogP contribution is 2.32. The third kappa shape index (κ3) is 3.09. The van der Waals surface area contributed by atoms with Crippen LogP contribution in [-0.4, -0.2) is 23.6 Å². The maximum Gasteiger partial charge on any atom is 0.191 e. The Kier molecular flexibility index (Phi) is 4.74. The van der Waals surface area contributed by atoms with E-state index in [4.69, 9.17) is 4.74 Å². The van der Waals surface area contributed by atoms with E-state index in [0.717, 1.165) is 28.8 Å². The number of anilines is 2. The summed E-state index contributed by atoms with van der Waals surface area (Å²) in [4.78, 5) is 7.40. The van der Waals surface area contributed by atoms with Crippen LogP contribution in [-0.2, 0) is 6.54 Å². The third-order valence-corrected chi connectivity index (χ3v) is 4.04. The summed E-state index contributed by atoms with van der Waals surface area (Å²) in [7, 11) is 1.35. The molecule has 0 saturated carbocycles. The summed E-state index contributed by atoms with van der Waals surface area (Å²) in [6, 6.07) is 3.26. The van der Waals surface area contributed by atoms with Crippen molar-refractivity contribution in [3.05, 3.63) is 47.3 Å². The lowest BCUT2D eigenvalue weighted by Gasteiger charge is -2.16. The Labute approximate surface area is 144 Å². The molecule has 3 rings (SSSR count). The predicted molar refractivity (Wildman–Crippen MR) is 95.2 cm³/mol. The highest BCUT2D eigenvalue weighted by atomic mass is 19.1. The van der Waals surface area contributed by atoms with Crippen molar-refractivity contribution in [3.63, 3.8) is 0 Å². The van der Waals surface area contributed by atoms with Crippen LogP contribution in [0.1, 0.15) is 18.1 Å². The van der Waals surface area contributed by atoms with Gasteiger partial charge >= 0.3 is 0 Å². The Bertz CT molecular complexity index is 908. The van der Waals surface area contributed by atoms with E-state index >= 15 is 0 Å². The average molecular weight is 346 g/mol. The summed E-state index contributed by atoms with van der Waals surface area (Å²) in [5.41, 5.74) is 2.57. The molecule has 132 valence electrons. The summed E-state index contributed by atoms with van der Waals surface area (Å²) in [5, 5.41) is 7.08. The lowest BCUT2D eigenvalue weighted by atomic mass is 10.1. The number of methoxy groups -OCH3 is 1. The molecular formula is C18H20F2N4O. The summed E-state index contributed by atoms with van der Waals surface area (Å²) in [5.74, 6) is -1.36. The topological polar surface area (TPSA) is 62.0 Å². The SMILES string of the molecule is CCNc1c(CNc2c(F)c(C)cc(OC)c2F)cnc2[nH]ccc12. The number of aryl methyl sites for hydroxylation is 1. The van der Waals surface area contributed by atoms with Crippen LogP contribution < -0.4 is 15.4 Å². The number of hydrogen-bond acceptors (Lipinski definition) is 4. The Morgan fingerprint density at radius 1 is 1.20 bits per heavy atom. The lowest BCUT2D eigenvalue weighted by molar-refractivity contribution is 0.384. The molecule has 0 bridgehead atoms. The number of H-pyrrole nitrogens is 1. The molecule has 0 aliphatic rings. The lowest BCUT2D eigenvalue weighted by Crippen LogP contribution is -2.10. The Morgan fingerprint density at radius 3 is 2.72 bits per heavy atom. The number of aromatic nitrogens is 2. The molecule has 0 spiro atoms. The van der Waals surface area contributed by atoms with Gasteiger partial charge in [-0.3, -0.25) is 0 Å². The number of fused-ring (bicyclic) bond motifs is 1. The smallest absolute Gasteiger partial charge is 0.191 e. The van der Waals surface area contributed by atoms with Crippen molar-refractivity contribution in [2.24, 2.45) is 0 Å². The number of benzene rings is 1. The summed E-state index contributed by atoms with van der Waals surface area (Å²) >= 11 is 0. The number of pyridine rings is 1. The van der Waals surface area contributed by atoms with Gasteiger partial charge in [0.1, 0.15) is 11.3 Å². The number of halogens is 2. The second-order valence-electron chi connectivity index (χ2n) is 5.68. The van der Waals surface area contributed by atoms with Gasteiger partial charge in [0.25, 0.3) is 0 Å². The van der Waals surface area contributed by atoms with Crippen LogP contribution in [0.15, 0.2) is 24.5 Å². The maximum absolute atomic E-state index is 14.4. The minimum Gasteiger partial charge on any atom is -0.494 e. The second kappa shape index (κ2) is 6.96. The zero-order valence-corrected chi connectivity index (χ0v) is 14.3. The van der Waals surface area contributed by atoms with Crippen molar-refractivity contribution in [2.45, 2.75) is 20.4 Å². The number of nitrogens with zero attached hydrogens (tertiary/aromatic N) is 1. The summed E-state index contributed by atoms with van der Waals surface area (Å²) in [6.07, 6.45) is 3.49. The van der Waals surface area contributed by atoms with Crippen LogP contribution >= 0.6 is 0 Å². The molecule has 0 atom stereocenters. The van der Waals surface area contributed by atoms with Gasteiger partial charge in [-0.2, -0.15) is 0 Å². The Hall–Kier alpha value is -2.83. The second-order valence-corrected chi connectivity index (χ2v) is 5.68. The number of rotatable bonds is 6. The zero-order valence-electron chi connectivity index (χ0n) is 14.3. The highest BCUT2D eigenvalue weighted by Gasteiger charge is 2.18. The van der Waals surface area contributed by atoms with Gasteiger partial charge in [0.2, 0.25) is 0 Å². The van der Waals surface area contributed by atoms with E-state index in [1.807, 2.05) is 13.0 Å². The van der Waals surface area contributed by atoms with Crippen molar-refractivity contribution in [1.29, 1.82) is 0 Å². The first kappa shape index (κ1) is 17.0. The van der Waals surface area contributed by atoms with E-state index in [1.165, 1.54) is 13.2 Å². The molecule has 0 aliphatic carbocycles. The van der Waals surface area contributed by atoms with Crippen molar-refractivity contribution >= 4 is 22.4 Å². The van der Waals surface area contributed by atoms with E-state index in [-0.39, 0.29) is 18.0 Å². The van der Waals surface area contributed by atoms with Gasteiger partial charge in [-0.15, -0.1) is 0 Å². The van der Waals surface area contributed by atoms with Gasteiger partial charge in [0.05, 0.1) is 12.8 Å². The van der Waals surface area contributed by atoms with Crippen LogP contribution in [0.2, 0.25) is 0 Å². The summed E-state index contributed by atoms with van der Waals surface area (Å²) in [6.45, 7) is 4.50. The first-order valence-electron chi connectivity index (χ1n) is 8.02. The van der Waals surface area contributed by atoms with Crippen LogP contribution in [0.4, 0.5) is 20.2 Å². The van der Waals surface area contributed by atoms with Gasteiger partial charge in [-0.05, 0) is 31.5 Å². The number of nitrogens with one attached hydrogen (secondary N) is 3.